The van der Waals surface area contributed by atoms with Gasteiger partial charge in [0.1, 0.15) is 4.83 Å². The number of aromatic nitrogens is 2. The maximum atomic E-state index is 13.7. The molecule has 2 aromatic heterocycles. The molecule has 3 aromatic rings. The second-order valence-corrected chi connectivity index (χ2v) is 10.3. The molecule has 1 amide bonds. The third kappa shape index (κ3) is 3.81. The lowest BCUT2D eigenvalue weighted by Gasteiger charge is -2.17. The van der Waals surface area contributed by atoms with Crippen molar-refractivity contribution in [3.05, 3.63) is 56.7 Å². The molecule has 0 saturated carbocycles. The first kappa shape index (κ1) is 19.8. The van der Waals surface area contributed by atoms with E-state index in [2.05, 4.69) is 5.32 Å². The molecule has 1 aromatic carbocycles. The Hall–Kier alpha value is -2.12. The van der Waals surface area contributed by atoms with Crippen LogP contribution < -0.4 is 10.9 Å². The van der Waals surface area contributed by atoms with E-state index in [0.29, 0.717) is 11.7 Å². The summed E-state index contributed by atoms with van der Waals surface area (Å²) in [7, 11) is 0. The Labute approximate surface area is 183 Å². The van der Waals surface area contributed by atoms with E-state index in [9.17, 15) is 9.59 Å². The summed E-state index contributed by atoms with van der Waals surface area (Å²) in [5.41, 5.74) is 2.32. The van der Waals surface area contributed by atoms with Gasteiger partial charge in [0.05, 0.1) is 17.2 Å². The minimum atomic E-state index is -0.200. The Bertz CT molecular complexity index is 1140. The van der Waals surface area contributed by atoms with Gasteiger partial charge < -0.3 is 5.32 Å². The van der Waals surface area contributed by atoms with Crippen LogP contribution in [0.3, 0.4) is 0 Å². The number of carbonyl (C=O) groups excluding carboxylic acids is 1. The molecule has 2 aliphatic rings. The Morgan fingerprint density at radius 2 is 1.93 bits per heavy atom. The molecule has 1 aliphatic carbocycles. The van der Waals surface area contributed by atoms with Crippen LogP contribution in [-0.4, -0.2) is 27.3 Å². The van der Waals surface area contributed by atoms with Crippen molar-refractivity contribution in [3.63, 3.8) is 0 Å². The summed E-state index contributed by atoms with van der Waals surface area (Å²) in [4.78, 5) is 33.4. The summed E-state index contributed by atoms with van der Waals surface area (Å²) in [6.45, 7) is 1.21. The summed E-state index contributed by atoms with van der Waals surface area (Å²) >= 11 is 3.12. The third-order valence-electron chi connectivity index (χ3n) is 5.96. The summed E-state index contributed by atoms with van der Waals surface area (Å²) in [5.74, 6) is 0.0589. The van der Waals surface area contributed by atoms with E-state index in [4.69, 9.17) is 4.98 Å². The highest BCUT2D eigenvalue weighted by Gasteiger charge is 2.27. The van der Waals surface area contributed by atoms with Crippen LogP contribution in [0.5, 0.6) is 0 Å². The van der Waals surface area contributed by atoms with Crippen molar-refractivity contribution < 1.29 is 4.79 Å². The van der Waals surface area contributed by atoms with Crippen LogP contribution in [0.15, 0.2) is 40.3 Å². The van der Waals surface area contributed by atoms with Gasteiger partial charge in [-0.05, 0) is 49.7 Å². The zero-order chi connectivity index (χ0) is 20.5. The molecular formula is C23H25N3O2S2. The van der Waals surface area contributed by atoms with Crippen LogP contribution in [0.1, 0.15) is 48.1 Å². The van der Waals surface area contributed by atoms with E-state index in [-0.39, 0.29) is 16.7 Å². The largest absolute Gasteiger partial charge is 0.355 e. The van der Waals surface area contributed by atoms with Crippen LogP contribution in [0.2, 0.25) is 0 Å². The molecule has 156 valence electrons. The number of hydrogen-bond donors (Lipinski definition) is 1. The molecule has 1 unspecified atom stereocenters. The van der Waals surface area contributed by atoms with E-state index < -0.39 is 0 Å². The lowest BCUT2D eigenvalue weighted by atomic mass is 9.97. The van der Waals surface area contributed by atoms with Crippen molar-refractivity contribution >= 4 is 39.2 Å². The minimum Gasteiger partial charge on any atom is -0.355 e. The van der Waals surface area contributed by atoms with Crippen LogP contribution in [0, 0.1) is 0 Å². The zero-order valence-corrected chi connectivity index (χ0v) is 18.5. The van der Waals surface area contributed by atoms with Crippen LogP contribution in [-0.2, 0) is 24.2 Å². The fourth-order valence-electron chi connectivity index (χ4n) is 4.37. The van der Waals surface area contributed by atoms with Crippen molar-refractivity contribution in [2.24, 2.45) is 0 Å². The maximum Gasteiger partial charge on any atom is 0.263 e. The van der Waals surface area contributed by atoms with E-state index >= 15 is 0 Å². The van der Waals surface area contributed by atoms with Gasteiger partial charge in [0.15, 0.2) is 5.16 Å². The first-order valence-corrected chi connectivity index (χ1v) is 12.4. The lowest BCUT2D eigenvalue weighted by Crippen LogP contribution is -2.32. The number of nitrogens with one attached hydrogen (secondary N) is 1. The Balaban J connectivity index is 1.62. The number of thioether (sulfide) groups is 1. The van der Waals surface area contributed by atoms with Gasteiger partial charge in [0.25, 0.3) is 5.56 Å². The molecule has 1 atom stereocenters. The summed E-state index contributed by atoms with van der Waals surface area (Å²) < 4.78 is 1.79. The van der Waals surface area contributed by atoms with Gasteiger partial charge in [-0.1, -0.05) is 48.5 Å². The van der Waals surface area contributed by atoms with Gasteiger partial charge in [0, 0.05) is 11.4 Å². The van der Waals surface area contributed by atoms with E-state index in [0.717, 1.165) is 60.8 Å². The quantitative estimate of drug-likeness (QED) is 0.621. The highest BCUT2D eigenvalue weighted by Crippen LogP contribution is 2.36. The van der Waals surface area contributed by atoms with Crippen molar-refractivity contribution in [2.75, 3.05) is 6.54 Å². The molecule has 1 N–H and O–H groups in total. The molecular weight excluding hydrogens is 414 g/mol. The number of fused-ring (bicyclic) bond motifs is 3. The van der Waals surface area contributed by atoms with Gasteiger partial charge in [-0.25, -0.2) is 4.98 Å². The number of rotatable bonds is 4. The predicted octanol–water partition coefficient (Wildman–Crippen LogP) is 4.15. The number of nitrogens with zero attached hydrogens (tertiary/aromatic N) is 2. The topological polar surface area (TPSA) is 64.0 Å². The zero-order valence-electron chi connectivity index (χ0n) is 16.9. The first-order chi connectivity index (χ1) is 14.7. The third-order valence-corrected chi connectivity index (χ3v) is 8.40. The summed E-state index contributed by atoms with van der Waals surface area (Å²) in [6, 6.07) is 10.0. The SMILES string of the molecule is O=C1NCCCCC1Sc1nc2sc3c(c2c(=O)n1Cc1ccccc1)CCCC3. The highest BCUT2D eigenvalue weighted by molar-refractivity contribution is 8.00. The summed E-state index contributed by atoms with van der Waals surface area (Å²) in [6.07, 6.45) is 7.16. The molecule has 0 radical (unpaired) electrons. The molecule has 0 spiro atoms. The van der Waals surface area contributed by atoms with Gasteiger partial charge in [-0.15, -0.1) is 11.3 Å². The van der Waals surface area contributed by atoms with Gasteiger partial charge in [0.2, 0.25) is 5.91 Å². The molecule has 5 rings (SSSR count). The molecule has 3 heterocycles. The van der Waals surface area contributed by atoms with Crippen molar-refractivity contribution in [1.82, 2.24) is 14.9 Å². The molecule has 0 bridgehead atoms. The number of amides is 1. The standard InChI is InChI=1S/C23H25N3O2S2/c27-20-18(12-6-7-13-24-20)30-23-25-21-19(16-10-4-5-11-17(16)29-21)22(28)26(23)14-15-8-2-1-3-9-15/h1-3,8-9,18H,4-7,10-14H2,(H,24,27). The van der Waals surface area contributed by atoms with E-state index in [1.807, 2.05) is 30.3 Å². The Kier molecular flexibility index (Phi) is 5.65. The fourth-order valence-corrected chi connectivity index (χ4v) is 6.82. The van der Waals surface area contributed by atoms with Crippen molar-refractivity contribution in [3.8, 4) is 0 Å². The molecule has 30 heavy (non-hydrogen) atoms. The highest BCUT2D eigenvalue weighted by atomic mass is 32.2. The van der Waals surface area contributed by atoms with Crippen molar-refractivity contribution in [2.45, 2.75) is 61.9 Å². The second-order valence-electron chi connectivity index (χ2n) is 8.06. The Morgan fingerprint density at radius 1 is 1.10 bits per heavy atom. The molecule has 1 fully saturated rings. The number of thiophene rings is 1. The molecule has 5 nitrogen and oxygen atoms in total. The van der Waals surface area contributed by atoms with Crippen LogP contribution in [0.25, 0.3) is 10.2 Å². The van der Waals surface area contributed by atoms with E-state index in [1.165, 1.54) is 28.6 Å². The van der Waals surface area contributed by atoms with Crippen LogP contribution in [0.4, 0.5) is 0 Å². The first-order valence-electron chi connectivity index (χ1n) is 10.7. The van der Waals surface area contributed by atoms with Gasteiger partial charge in [-0.2, -0.15) is 0 Å². The Morgan fingerprint density at radius 3 is 2.80 bits per heavy atom. The van der Waals surface area contributed by atoms with Gasteiger partial charge >= 0.3 is 0 Å². The normalized spacial score (nSPS) is 19.3. The predicted molar refractivity (Wildman–Crippen MR) is 123 cm³/mol. The van der Waals surface area contributed by atoms with Crippen LogP contribution >= 0.6 is 23.1 Å². The lowest BCUT2D eigenvalue weighted by molar-refractivity contribution is -0.120. The number of hydrogen-bond acceptors (Lipinski definition) is 5. The molecule has 7 heteroatoms. The number of benzene rings is 1. The molecule has 1 saturated heterocycles. The summed E-state index contributed by atoms with van der Waals surface area (Å²) in [5, 5.41) is 4.27. The van der Waals surface area contributed by atoms with Gasteiger partial charge in [-0.3, -0.25) is 14.2 Å². The average molecular weight is 440 g/mol. The molecule has 1 aliphatic heterocycles. The number of aryl methyl sites for hydroxylation is 2. The monoisotopic (exact) mass is 439 g/mol. The minimum absolute atomic E-state index is 0.0415. The fraction of sp³-hybridized carbons (Fsp3) is 0.435. The van der Waals surface area contributed by atoms with E-state index in [1.54, 1.807) is 15.9 Å². The van der Waals surface area contributed by atoms with Crippen molar-refractivity contribution in [1.29, 1.82) is 0 Å². The average Bonchev–Trinajstić information content (AvgIpc) is 3.02. The number of carbonyl (C=O) groups is 1. The smallest absolute Gasteiger partial charge is 0.263 e. The second kappa shape index (κ2) is 8.55. The maximum absolute atomic E-state index is 13.7.